The highest BCUT2D eigenvalue weighted by Crippen LogP contribution is 2.20. The SMILES string of the molecule is O=[N+]([O-])C(CO)c1cc(F)ccc1F. The zero-order chi connectivity index (χ0) is 10.7. The molecule has 1 atom stereocenters. The molecule has 0 amide bonds. The Morgan fingerprint density at radius 2 is 2.14 bits per heavy atom. The minimum Gasteiger partial charge on any atom is -0.389 e. The van der Waals surface area contributed by atoms with Gasteiger partial charge in [0, 0.05) is 4.92 Å². The summed E-state index contributed by atoms with van der Waals surface area (Å²) in [5.74, 6) is -1.68. The van der Waals surface area contributed by atoms with E-state index in [2.05, 4.69) is 0 Å². The molecule has 0 aromatic heterocycles. The third-order valence-electron chi connectivity index (χ3n) is 1.74. The van der Waals surface area contributed by atoms with E-state index < -0.39 is 34.8 Å². The molecule has 0 bridgehead atoms. The number of rotatable bonds is 3. The number of hydrogen-bond acceptors (Lipinski definition) is 3. The van der Waals surface area contributed by atoms with Gasteiger partial charge in [0.05, 0.1) is 5.56 Å². The largest absolute Gasteiger partial charge is 0.389 e. The van der Waals surface area contributed by atoms with Crippen molar-refractivity contribution in [3.8, 4) is 0 Å². The fourth-order valence-electron chi connectivity index (χ4n) is 1.05. The molecule has 1 N–H and O–H groups in total. The predicted molar refractivity (Wildman–Crippen MR) is 43.2 cm³/mol. The van der Waals surface area contributed by atoms with Crippen LogP contribution in [0.15, 0.2) is 18.2 Å². The molecule has 0 spiro atoms. The second-order valence-corrected chi connectivity index (χ2v) is 2.65. The Labute approximate surface area is 77.9 Å². The molecule has 76 valence electrons. The van der Waals surface area contributed by atoms with Crippen LogP contribution in [0, 0.1) is 21.7 Å². The van der Waals surface area contributed by atoms with E-state index in [-0.39, 0.29) is 0 Å². The Morgan fingerprint density at radius 1 is 1.50 bits per heavy atom. The number of nitrogens with zero attached hydrogens (tertiary/aromatic N) is 1. The average Bonchev–Trinajstić information content (AvgIpc) is 2.11. The maximum Gasteiger partial charge on any atom is 0.263 e. The van der Waals surface area contributed by atoms with Crippen molar-refractivity contribution < 1.29 is 18.8 Å². The van der Waals surface area contributed by atoms with E-state index in [9.17, 15) is 18.9 Å². The summed E-state index contributed by atoms with van der Waals surface area (Å²) in [6, 6.07) is 0.731. The van der Waals surface area contributed by atoms with Crippen molar-refractivity contribution >= 4 is 0 Å². The summed E-state index contributed by atoms with van der Waals surface area (Å²) in [6.45, 7) is -0.868. The maximum atomic E-state index is 13.0. The molecule has 0 fully saturated rings. The Balaban J connectivity index is 3.15. The van der Waals surface area contributed by atoms with Crippen molar-refractivity contribution in [3.05, 3.63) is 45.5 Å². The lowest BCUT2D eigenvalue weighted by molar-refractivity contribution is -0.532. The van der Waals surface area contributed by atoms with Gasteiger partial charge in [0.15, 0.2) is 0 Å². The summed E-state index contributed by atoms with van der Waals surface area (Å²) in [5, 5.41) is 19.0. The molecule has 1 aromatic rings. The minimum atomic E-state index is -1.62. The Kier molecular flexibility index (Phi) is 3.08. The molecular weight excluding hydrogens is 196 g/mol. The van der Waals surface area contributed by atoms with E-state index in [0.29, 0.717) is 6.07 Å². The molecule has 0 aliphatic rings. The monoisotopic (exact) mass is 203 g/mol. The third-order valence-corrected chi connectivity index (χ3v) is 1.74. The van der Waals surface area contributed by atoms with Gasteiger partial charge in [-0.05, 0) is 18.2 Å². The summed E-state index contributed by atoms with van der Waals surface area (Å²) in [5.41, 5.74) is -0.447. The smallest absolute Gasteiger partial charge is 0.263 e. The van der Waals surface area contributed by atoms with E-state index >= 15 is 0 Å². The first kappa shape index (κ1) is 10.5. The molecule has 0 saturated carbocycles. The van der Waals surface area contributed by atoms with E-state index in [1.807, 2.05) is 0 Å². The van der Waals surface area contributed by atoms with Gasteiger partial charge in [-0.2, -0.15) is 0 Å². The summed E-state index contributed by atoms with van der Waals surface area (Å²) in [6.07, 6.45) is 0. The van der Waals surface area contributed by atoms with Crippen molar-refractivity contribution in [2.45, 2.75) is 6.04 Å². The molecule has 1 aromatic carbocycles. The number of halogens is 2. The molecule has 4 nitrogen and oxygen atoms in total. The lowest BCUT2D eigenvalue weighted by Gasteiger charge is -2.07. The zero-order valence-electron chi connectivity index (χ0n) is 6.98. The molecule has 14 heavy (non-hydrogen) atoms. The predicted octanol–water partition coefficient (Wildman–Crippen LogP) is 1.27. The van der Waals surface area contributed by atoms with Crippen LogP contribution in [0.3, 0.4) is 0 Å². The minimum absolute atomic E-state index is 0.447. The Hall–Kier alpha value is -1.56. The zero-order valence-corrected chi connectivity index (χ0v) is 6.98. The number of hydrogen-bond donors (Lipinski definition) is 1. The van der Waals surface area contributed by atoms with Crippen LogP contribution >= 0.6 is 0 Å². The molecule has 1 rings (SSSR count). The van der Waals surface area contributed by atoms with Crippen LogP contribution in [-0.2, 0) is 0 Å². The van der Waals surface area contributed by atoms with Gasteiger partial charge in [-0.25, -0.2) is 8.78 Å². The van der Waals surface area contributed by atoms with Gasteiger partial charge >= 0.3 is 0 Å². The first-order valence-electron chi connectivity index (χ1n) is 3.75. The first-order chi connectivity index (χ1) is 6.56. The van der Waals surface area contributed by atoms with Crippen molar-refractivity contribution in [3.63, 3.8) is 0 Å². The highest BCUT2D eigenvalue weighted by atomic mass is 19.1. The molecule has 1 unspecified atom stereocenters. The summed E-state index contributed by atoms with van der Waals surface area (Å²) < 4.78 is 25.6. The topological polar surface area (TPSA) is 63.4 Å². The molecular formula is C8H7F2NO3. The number of aliphatic hydroxyl groups is 1. The van der Waals surface area contributed by atoms with Gasteiger partial charge in [0.1, 0.15) is 18.2 Å². The van der Waals surface area contributed by atoms with Gasteiger partial charge in [0.25, 0.3) is 6.04 Å². The van der Waals surface area contributed by atoms with Crippen molar-refractivity contribution in [1.29, 1.82) is 0 Å². The third kappa shape index (κ3) is 2.02. The van der Waals surface area contributed by atoms with E-state index in [4.69, 9.17) is 5.11 Å². The second-order valence-electron chi connectivity index (χ2n) is 2.65. The standard InChI is InChI=1S/C8H7F2NO3/c9-5-1-2-7(10)6(3-5)8(4-12)11(13)14/h1-3,8,12H,4H2. The Morgan fingerprint density at radius 3 is 2.64 bits per heavy atom. The highest BCUT2D eigenvalue weighted by molar-refractivity contribution is 5.21. The fraction of sp³-hybridized carbons (Fsp3) is 0.250. The van der Waals surface area contributed by atoms with Crippen LogP contribution in [0.5, 0.6) is 0 Å². The van der Waals surface area contributed by atoms with Crippen LogP contribution in [-0.4, -0.2) is 16.6 Å². The van der Waals surface area contributed by atoms with Crippen molar-refractivity contribution in [1.82, 2.24) is 0 Å². The second kappa shape index (κ2) is 4.10. The number of nitro groups is 1. The highest BCUT2D eigenvalue weighted by Gasteiger charge is 2.25. The van der Waals surface area contributed by atoms with Crippen LogP contribution in [0.4, 0.5) is 8.78 Å². The van der Waals surface area contributed by atoms with E-state index in [0.717, 1.165) is 12.1 Å². The van der Waals surface area contributed by atoms with Crippen LogP contribution in [0.25, 0.3) is 0 Å². The molecule has 0 radical (unpaired) electrons. The van der Waals surface area contributed by atoms with Crippen LogP contribution < -0.4 is 0 Å². The van der Waals surface area contributed by atoms with Crippen LogP contribution in [0.2, 0.25) is 0 Å². The molecule has 0 aliphatic heterocycles. The Bertz CT molecular complexity index is 356. The van der Waals surface area contributed by atoms with Crippen molar-refractivity contribution in [2.75, 3.05) is 6.61 Å². The normalized spacial score (nSPS) is 12.5. The summed E-state index contributed by atoms with van der Waals surface area (Å²) in [7, 11) is 0. The van der Waals surface area contributed by atoms with Crippen LogP contribution in [0.1, 0.15) is 11.6 Å². The quantitative estimate of drug-likeness (QED) is 0.594. The van der Waals surface area contributed by atoms with E-state index in [1.165, 1.54) is 0 Å². The fourth-order valence-corrected chi connectivity index (χ4v) is 1.05. The molecule has 6 heteroatoms. The van der Waals surface area contributed by atoms with Gasteiger partial charge in [-0.15, -0.1) is 0 Å². The molecule has 0 saturated heterocycles. The number of aliphatic hydroxyl groups excluding tert-OH is 1. The molecule has 0 aliphatic carbocycles. The lowest BCUT2D eigenvalue weighted by atomic mass is 10.1. The lowest BCUT2D eigenvalue weighted by Crippen LogP contribution is -2.16. The van der Waals surface area contributed by atoms with Gasteiger partial charge in [-0.1, -0.05) is 0 Å². The van der Waals surface area contributed by atoms with Gasteiger partial charge in [-0.3, -0.25) is 10.1 Å². The first-order valence-corrected chi connectivity index (χ1v) is 3.75. The van der Waals surface area contributed by atoms with E-state index in [1.54, 1.807) is 0 Å². The number of benzene rings is 1. The average molecular weight is 203 g/mol. The maximum absolute atomic E-state index is 13.0. The van der Waals surface area contributed by atoms with Gasteiger partial charge in [0.2, 0.25) is 0 Å². The summed E-state index contributed by atoms with van der Waals surface area (Å²) >= 11 is 0. The van der Waals surface area contributed by atoms with Crippen molar-refractivity contribution in [2.24, 2.45) is 0 Å². The van der Waals surface area contributed by atoms with Gasteiger partial charge < -0.3 is 5.11 Å². The summed E-state index contributed by atoms with van der Waals surface area (Å²) in [4.78, 5) is 9.49. The molecule has 0 heterocycles.